The fourth-order valence-corrected chi connectivity index (χ4v) is 2.50. The van der Waals surface area contributed by atoms with E-state index < -0.39 is 11.9 Å². The van der Waals surface area contributed by atoms with Crippen molar-refractivity contribution < 1.29 is 14.3 Å². The molecule has 1 heterocycles. The maximum absolute atomic E-state index is 12.0. The number of ether oxygens (including phenoxy) is 1. The van der Waals surface area contributed by atoms with Crippen LogP contribution in [0.25, 0.3) is 0 Å². The highest BCUT2D eigenvalue weighted by Crippen LogP contribution is 2.42. The van der Waals surface area contributed by atoms with Gasteiger partial charge in [0.1, 0.15) is 5.92 Å². The summed E-state index contributed by atoms with van der Waals surface area (Å²) in [6.07, 6.45) is 1.74. The number of aromatic nitrogens is 1. The Morgan fingerprint density at radius 1 is 1.50 bits per heavy atom. The Balaban J connectivity index is 2.45. The highest BCUT2D eigenvalue weighted by atomic mass is 16.5. The number of hydrogen-bond acceptors (Lipinski definition) is 3. The van der Waals surface area contributed by atoms with Gasteiger partial charge in [0, 0.05) is 12.1 Å². The van der Waals surface area contributed by atoms with E-state index in [1.165, 1.54) is 7.11 Å². The van der Waals surface area contributed by atoms with Crippen molar-refractivity contribution in [1.29, 1.82) is 0 Å². The topological polar surface area (TPSA) is 59.2 Å². The summed E-state index contributed by atoms with van der Waals surface area (Å²) in [5, 5.41) is 0. The van der Waals surface area contributed by atoms with Gasteiger partial charge in [-0.2, -0.15) is 0 Å². The number of methoxy groups -OCH3 is 1. The number of fused-ring (bicyclic) bond motifs is 1. The Morgan fingerprint density at radius 2 is 2.19 bits per heavy atom. The van der Waals surface area contributed by atoms with Gasteiger partial charge < -0.3 is 9.72 Å². The van der Waals surface area contributed by atoms with Gasteiger partial charge in [-0.1, -0.05) is 13.8 Å². The first-order valence-corrected chi connectivity index (χ1v) is 5.37. The quantitative estimate of drug-likeness (QED) is 0.611. The second-order valence-electron chi connectivity index (χ2n) is 4.44. The summed E-state index contributed by atoms with van der Waals surface area (Å²) in [5.41, 5.74) is 1.50. The molecule has 0 spiro atoms. The summed E-state index contributed by atoms with van der Waals surface area (Å²) < 4.78 is 4.71. The number of carbonyl (C=O) groups excluding carboxylic acids is 2. The minimum atomic E-state index is -0.674. The van der Waals surface area contributed by atoms with E-state index in [0.29, 0.717) is 5.69 Å². The number of Topliss-reactive ketones (excluding diaryl/α,β-unsaturated/α-hetero) is 1. The smallest absolute Gasteiger partial charge is 0.317 e. The van der Waals surface area contributed by atoms with E-state index in [0.717, 1.165) is 5.56 Å². The number of hydrogen-bond donors (Lipinski definition) is 1. The molecule has 0 saturated heterocycles. The Morgan fingerprint density at radius 3 is 2.75 bits per heavy atom. The number of rotatable bonds is 2. The molecular formula is C12H15NO3. The first-order chi connectivity index (χ1) is 7.57. The van der Waals surface area contributed by atoms with Gasteiger partial charge >= 0.3 is 5.97 Å². The van der Waals surface area contributed by atoms with Crippen molar-refractivity contribution in [2.45, 2.75) is 19.8 Å². The van der Waals surface area contributed by atoms with Gasteiger partial charge in [-0.15, -0.1) is 0 Å². The van der Waals surface area contributed by atoms with Crippen molar-refractivity contribution in [1.82, 2.24) is 4.98 Å². The highest BCUT2D eigenvalue weighted by Gasteiger charge is 2.46. The molecule has 0 bridgehead atoms. The van der Waals surface area contributed by atoms with Crippen molar-refractivity contribution >= 4 is 11.8 Å². The minimum Gasteiger partial charge on any atom is -0.468 e. The molecule has 1 aromatic heterocycles. The van der Waals surface area contributed by atoms with E-state index in [4.69, 9.17) is 4.74 Å². The molecule has 1 N–H and O–H groups in total. The Kier molecular flexibility index (Phi) is 2.58. The summed E-state index contributed by atoms with van der Waals surface area (Å²) in [7, 11) is 1.32. The first-order valence-electron chi connectivity index (χ1n) is 5.37. The Labute approximate surface area is 94.0 Å². The van der Waals surface area contributed by atoms with Crippen LogP contribution in [0.4, 0.5) is 0 Å². The lowest BCUT2D eigenvalue weighted by Gasteiger charge is -2.20. The molecule has 2 rings (SSSR count). The normalized spacial score (nSPS) is 23.6. The van der Waals surface area contributed by atoms with Crippen molar-refractivity contribution in [3.8, 4) is 0 Å². The van der Waals surface area contributed by atoms with Crippen LogP contribution in [0.1, 0.15) is 35.8 Å². The lowest BCUT2D eigenvalue weighted by Crippen LogP contribution is -2.28. The van der Waals surface area contributed by atoms with Gasteiger partial charge in [-0.3, -0.25) is 9.59 Å². The molecule has 0 saturated carbocycles. The van der Waals surface area contributed by atoms with Gasteiger partial charge in [0.15, 0.2) is 5.78 Å². The van der Waals surface area contributed by atoms with Crippen LogP contribution in [0.5, 0.6) is 0 Å². The number of ketones is 1. The Hall–Kier alpha value is -1.58. The van der Waals surface area contributed by atoms with E-state index >= 15 is 0 Å². The summed E-state index contributed by atoms with van der Waals surface area (Å²) in [5.74, 6) is -1.10. The number of nitrogens with one attached hydrogen (secondary N) is 1. The predicted molar refractivity (Wildman–Crippen MR) is 58.2 cm³/mol. The first kappa shape index (κ1) is 10.9. The van der Waals surface area contributed by atoms with Crippen LogP contribution >= 0.6 is 0 Å². The van der Waals surface area contributed by atoms with E-state index in [1.54, 1.807) is 6.20 Å². The largest absolute Gasteiger partial charge is 0.468 e. The molecule has 86 valence electrons. The molecule has 0 radical (unpaired) electrons. The molecule has 2 atom stereocenters. The fraction of sp³-hybridized carbons (Fsp3) is 0.500. The molecule has 16 heavy (non-hydrogen) atoms. The van der Waals surface area contributed by atoms with Gasteiger partial charge in [0.25, 0.3) is 0 Å². The third kappa shape index (κ3) is 1.37. The van der Waals surface area contributed by atoms with Crippen LogP contribution in [0, 0.1) is 11.8 Å². The molecule has 0 fully saturated rings. The number of esters is 1. The number of aromatic amines is 1. The van der Waals surface area contributed by atoms with Crippen LogP contribution in [0.15, 0.2) is 12.3 Å². The second kappa shape index (κ2) is 3.77. The highest BCUT2D eigenvalue weighted by molar-refractivity contribution is 6.12. The standard InChI is InChI=1S/C12H15NO3/c1-6(2)8-7-4-5-13-10(7)11(14)9(8)12(15)16-3/h4-6,8-9,13H,1-3H3/t8-,9+/m1/s1. The van der Waals surface area contributed by atoms with Gasteiger partial charge in [0.05, 0.1) is 12.8 Å². The van der Waals surface area contributed by atoms with Crippen LogP contribution < -0.4 is 0 Å². The minimum absolute atomic E-state index is 0.0683. The number of carbonyl (C=O) groups is 2. The predicted octanol–water partition coefficient (Wildman–Crippen LogP) is 1.74. The molecule has 4 nitrogen and oxygen atoms in total. The lowest BCUT2D eigenvalue weighted by molar-refractivity contribution is -0.144. The molecule has 0 aromatic carbocycles. The lowest BCUT2D eigenvalue weighted by atomic mass is 9.83. The molecule has 1 aromatic rings. The zero-order valence-electron chi connectivity index (χ0n) is 9.61. The van der Waals surface area contributed by atoms with E-state index in [2.05, 4.69) is 4.98 Å². The summed E-state index contributed by atoms with van der Waals surface area (Å²) in [6.45, 7) is 4.02. The van der Waals surface area contributed by atoms with E-state index in [1.807, 2.05) is 19.9 Å². The zero-order valence-corrected chi connectivity index (χ0v) is 9.61. The van der Waals surface area contributed by atoms with Gasteiger partial charge in [-0.25, -0.2) is 0 Å². The third-order valence-electron chi connectivity index (χ3n) is 3.20. The monoisotopic (exact) mass is 221 g/mol. The zero-order chi connectivity index (χ0) is 11.9. The van der Waals surface area contributed by atoms with Crippen LogP contribution in [-0.4, -0.2) is 23.8 Å². The van der Waals surface area contributed by atoms with E-state index in [9.17, 15) is 9.59 Å². The summed E-state index contributed by atoms with van der Waals surface area (Å²) >= 11 is 0. The SMILES string of the molecule is COC(=O)[C@@H]1C(=O)c2[nH]ccc2[C@H]1C(C)C. The maximum Gasteiger partial charge on any atom is 0.317 e. The third-order valence-corrected chi connectivity index (χ3v) is 3.20. The summed E-state index contributed by atoms with van der Waals surface area (Å²) in [6, 6.07) is 1.88. The molecule has 0 unspecified atom stereocenters. The van der Waals surface area contributed by atoms with Gasteiger partial charge in [-0.05, 0) is 17.5 Å². The molecule has 0 amide bonds. The molecule has 1 aliphatic rings. The van der Waals surface area contributed by atoms with Crippen molar-refractivity contribution in [2.24, 2.45) is 11.8 Å². The molecule has 4 heteroatoms. The van der Waals surface area contributed by atoms with Crippen LogP contribution in [0.2, 0.25) is 0 Å². The Bertz CT molecular complexity index is 433. The van der Waals surface area contributed by atoms with Crippen molar-refractivity contribution in [2.75, 3.05) is 7.11 Å². The van der Waals surface area contributed by atoms with Crippen LogP contribution in [0.3, 0.4) is 0 Å². The maximum atomic E-state index is 12.0. The molecule has 1 aliphatic carbocycles. The molecule has 0 aliphatic heterocycles. The van der Waals surface area contributed by atoms with E-state index in [-0.39, 0.29) is 17.6 Å². The van der Waals surface area contributed by atoms with Crippen molar-refractivity contribution in [3.05, 3.63) is 23.5 Å². The average molecular weight is 221 g/mol. The van der Waals surface area contributed by atoms with Gasteiger partial charge in [0.2, 0.25) is 0 Å². The average Bonchev–Trinajstić information content (AvgIpc) is 2.79. The molecular weight excluding hydrogens is 206 g/mol. The van der Waals surface area contributed by atoms with Crippen LogP contribution in [-0.2, 0) is 9.53 Å². The second-order valence-corrected chi connectivity index (χ2v) is 4.44. The fourth-order valence-electron chi connectivity index (χ4n) is 2.50. The van der Waals surface area contributed by atoms with Crippen molar-refractivity contribution in [3.63, 3.8) is 0 Å². The number of H-pyrrole nitrogens is 1. The summed E-state index contributed by atoms with van der Waals surface area (Å²) in [4.78, 5) is 26.6.